The van der Waals surface area contributed by atoms with Crippen LogP contribution in [0, 0.1) is 11.7 Å². The van der Waals surface area contributed by atoms with Gasteiger partial charge in [0.1, 0.15) is 23.8 Å². The van der Waals surface area contributed by atoms with E-state index in [0.29, 0.717) is 18.9 Å². The summed E-state index contributed by atoms with van der Waals surface area (Å²) in [6, 6.07) is 5.65. The standard InChI is InChI=1S/C21H29FN2O4/c22-17-7-9-18(10-8-17)27-15-21(13-19(23)25)14-24(11-12-28-21)20(26)16-5-3-1-2-4-6-16/h7-10,16H,1-6,11-15H2,(H2,23,25). The Morgan fingerprint density at radius 2 is 1.86 bits per heavy atom. The molecule has 3 rings (SSSR count). The fourth-order valence-corrected chi connectivity index (χ4v) is 4.13. The molecule has 2 N–H and O–H groups in total. The van der Waals surface area contributed by atoms with Crippen LogP contribution in [0.2, 0.25) is 0 Å². The fourth-order valence-electron chi connectivity index (χ4n) is 4.13. The number of nitrogens with zero attached hydrogens (tertiary/aromatic N) is 1. The quantitative estimate of drug-likeness (QED) is 0.755. The van der Waals surface area contributed by atoms with E-state index in [1.54, 1.807) is 4.90 Å². The Hall–Kier alpha value is -2.15. The van der Waals surface area contributed by atoms with Gasteiger partial charge in [-0.25, -0.2) is 4.39 Å². The second-order valence-corrected chi connectivity index (χ2v) is 7.87. The summed E-state index contributed by atoms with van der Waals surface area (Å²) in [4.78, 5) is 26.6. The molecular formula is C21H29FN2O4. The molecular weight excluding hydrogens is 363 g/mol. The molecule has 1 saturated carbocycles. The van der Waals surface area contributed by atoms with Crippen LogP contribution in [0.1, 0.15) is 44.9 Å². The van der Waals surface area contributed by atoms with Gasteiger partial charge in [0.15, 0.2) is 0 Å². The number of rotatable bonds is 6. The van der Waals surface area contributed by atoms with Crippen LogP contribution in [-0.4, -0.2) is 48.6 Å². The molecule has 1 unspecified atom stereocenters. The van der Waals surface area contributed by atoms with E-state index in [2.05, 4.69) is 0 Å². The lowest BCUT2D eigenvalue weighted by Gasteiger charge is -2.42. The van der Waals surface area contributed by atoms with Gasteiger partial charge >= 0.3 is 0 Å². The van der Waals surface area contributed by atoms with E-state index in [1.807, 2.05) is 0 Å². The van der Waals surface area contributed by atoms with Crippen molar-refractivity contribution in [3.63, 3.8) is 0 Å². The normalized spacial score (nSPS) is 23.8. The van der Waals surface area contributed by atoms with Gasteiger partial charge in [-0.15, -0.1) is 0 Å². The number of halogens is 1. The van der Waals surface area contributed by atoms with Crippen LogP contribution < -0.4 is 10.5 Å². The van der Waals surface area contributed by atoms with E-state index in [1.165, 1.54) is 37.1 Å². The number of carbonyl (C=O) groups is 2. The largest absolute Gasteiger partial charge is 0.490 e. The van der Waals surface area contributed by atoms with Crippen molar-refractivity contribution in [2.75, 3.05) is 26.3 Å². The summed E-state index contributed by atoms with van der Waals surface area (Å²) < 4.78 is 24.8. The van der Waals surface area contributed by atoms with E-state index in [0.717, 1.165) is 25.7 Å². The summed E-state index contributed by atoms with van der Waals surface area (Å²) in [6.45, 7) is 1.17. The third-order valence-electron chi connectivity index (χ3n) is 5.58. The molecule has 2 aliphatic rings. The Balaban J connectivity index is 1.69. The summed E-state index contributed by atoms with van der Waals surface area (Å²) in [6.07, 6.45) is 6.34. The highest BCUT2D eigenvalue weighted by Crippen LogP contribution is 2.29. The number of nitrogens with two attached hydrogens (primary N) is 1. The summed E-state index contributed by atoms with van der Waals surface area (Å²) >= 11 is 0. The average molecular weight is 392 g/mol. The van der Waals surface area contributed by atoms with Crippen LogP contribution >= 0.6 is 0 Å². The van der Waals surface area contributed by atoms with Gasteiger partial charge in [-0.3, -0.25) is 9.59 Å². The minimum atomic E-state index is -0.987. The first-order valence-corrected chi connectivity index (χ1v) is 10.1. The third-order valence-corrected chi connectivity index (χ3v) is 5.58. The van der Waals surface area contributed by atoms with Crippen LogP contribution in [0.25, 0.3) is 0 Å². The maximum absolute atomic E-state index is 13.1. The molecule has 6 nitrogen and oxygen atoms in total. The van der Waals surface area contributed by atoms with E-state index in [4.69, 9.17) is 15.2 Å². The lowest BCUT2D eigenvalue weighted by atomic mass is 9.94. The minimum Gasteiger partial charge on any atom is -0.490 e. The van der Waals surface area contributed by atoms with Gasteiger partial charge in [0.05, 0.1) is 19.6 Å². The predicted octanol–water partition coefficient (Wildman–Crippen LogP) is 2.65. The lowest BCUT2D eigenvalue weighted by molar-refractivity contribution is -0.164. The Labute approximate surface area is 165 Å². The number of hydrogen-bond donors (Lipinski definition) is 1. The second kappa shape index (κ2) is 9.37. The number of amides is 2. The van der Waals surface area contributed by atoms with Gasteiger partial charge < -0.3 is 20.1 Å². The molecule has 2 amide bonds. The zero-order chi connectivity index (χ0) is 20.0. The van der Waals surface area contributed by atoms with Gasteiger partial charge in [0, 0.05) is 12.5 Å². The SMILES string of the molecule is NC(=O)CC1(COc2ccc(F)cc2)CN(C(=O)C2CCCCCC2)CCO1. The van der Waals surface area contributed by atoms with Crippen LogP contribution in [0.4, 0.5) is 4.39 Å². The van der Waals surface area contributed by atoms with Gasteiger partial charge in [-0.2, -0.15) is 0 Å². The lowest BCUT2D eigenvalue weighted by Crippen LogP contribution is -2.58. The molecule has 0 bridgehead atoms. The second-order valence-electron chi connectivity index (χ2n) is 7.87. The smallest absolute Gasteiger partial charge is 0.225 e. The summed E-state index contributed by atoms with van der Waals surface area (Å²) in [5.41, 5.74) is 4.47. The number of ether oxygens (including phenoxy) is 2. The Morgan fingerprint density at radius 3 is 2.50 bits per heavy atom. The molecule has 28 heavy (non-hydrogen) atoms. The molecule has 1 aromatic rings. The molecule has 0 radical (unpaired) electrons. The highest BCUT2D eigenvalue weighted by Gasteiger charge is 2.42. The van der Waals surface area contributed by atoms with Crippen molar-refractivity contribution in [1.82, 2.24) is 4.90 Å². The highest BCUT2D eigenvalue weighted by atomic mass is 19.1. The van der Waals surface area contributed by atoms with Gasteiger partial charge in [-0.1, -0.05) is 25.7 Å². The predicted molar refractivity (Wildman–Crippen MR) is 102 cm³/mol. The number of benzene rings is 1. The molecule has 7 heteroatoms. The third kappa shape index (κ3) is 5.44. The van der Waals surface area contributed by atoms with E-state index in [9.17, 15) is 14.0 Å². The number of morpholine rings is 1. The summed E-state index contributed by atoms with van der Waals surface area (Å²) in [7, 11) is 0. The maximum Gasteiger partial charge on any atom is 0.225 e. The van der Waals surface area contributed by atoms with Gasteiger partial charge in [0.25, 0.3) is 0 Å². The van der Waals surface area contributed by atoms with E-state index < -0.39 is 11.5 Å². The van der Waals surface area contributed by atoms with Crippen molar-refractivity contribution < 1.29 is 23.5 Å². The Kier molecular flexibility index (Phi) is 6.88. The zero-order valence-electron chi connectivity index (χ0n) is 16.2. The molecule has 1 aliphatic carbocycles. The van der Waals surface area contributed by atoms with Crippen molar-refractivity contribution in [3.05, 3.63) is 30.1 Å². The summed E-state index contributed by atoms with van der Waals surface area (Å²) in [5.74, 6) is -0.202. The summed E-state index contributed by atoms with van der Waals surface area (Å²) in [5, 5.41) is 0. The van der Waals surface area contributed by atoms with Crippen LogP contribution in [0.3, 0.4) is 0 Å². The molecule has 1 saturated heterocycles. The number of carbonyl (C=O) groups excluding carboxylic acids is 2. The molecule has 1 atom stereocenters. The monoisotopic (exact) mass is 392 g/mol. The molecule has 2 fully saturated rings. The number of primary amides is 1. The van der Waals surface area contributed by atoms with Crippen LogP contribution in [0.5, 0.6) is 5.75 Å². The topological polar surface area (TPSA) is 81.9 Å². The first-order valence-electron chi connectivity index (χ1n) is 10.1. The van der Waals surface area contributed by atoms with Crippen molar-refractivity contribution in [2.24, 2.45) is 11.7 Å². The molecule has 154 valence electrons. The molecule has 0 aromatic heterocycles. The fraction of sp³-hybridized carbons (Fsp3) is 0.619. The van der Waals surface area contributed by atoms with Crippen LogP contribution in [0.15, 0.2) is 24.3 Å². The van der Waals surface area contributed by atoms with E-state index in [-0.39, 0.29) is 37.2 Å². The van der Waals surface area contributed by atoms with Crippen molar-refractivity contribution in [3.8, 4) is 5.75 Å². The first kappa shape index (κ1) is 20.6. The first-order chi connectivity index (χ1) is 13.5. The zero-order valence-corrected chi connectivity index (χ0v) is 16.2. The molecule has 1 aromatic carbocycles. The molecule has 0 spiro atoms. The molecule has 1 heterocycles. The van der Waals surface area contributed by atoms with E-state index >= 15 is 0 Å². The van der Waals surface area contributed by atoms with Crippen LogP contribution in [-0.2, 0) is 14.3 Å². The maximum atomic E-state index is 13.1. The minimum absolute atomic E-state index is 0.0390. The van der Waals surface area contributed by atoms with Crippen molar-refractivity contribution >= 4 is 11.8 Å². The number of hydrogen-bond acceptors (Lipinski definition) is 4. The van der Waals surface area contributed by atoms with Crippen molar-refractivity contribution in [1.29, 1.82) is 0 Å². The molecule has 1 aliphatic heterocycles. The Bertz CT molecular complexity index is 673. The van der Waals surface area contributed by atoms with Gasteiger partial charge in [0.2, 0.25) is 11.8 Å². The van der Waals surface area contributed by atoms with Gasteiger partial charge in [-0.05, 0) is 37.1 Å². The Morgan fingerprint density at radius 1 is 1.18 bits per heavy atom. The van der Waals surface area contributed by atoms with Crippen molar-refractivity contribution in [2.45, 2.75) is 50.5 Å². The average Bonchev–Trinajstić information content (AvgIpc) is 2.96. The highest BCUT2D eigenvalue weighted by molar-refractivity contribution is 5.79.